The van der Waals surface area contributed by atoms with Gasteiger partial charge < -0.3 is 4.74 Å². The van der Waals surface area contributed by atoms with Gasteiger partial charge in [-0.1, -0.05) is 32.0 Å². The fraction of sp³-hybridized carbons (Fsp3) is 0.455. The molecule has 0 saturated heterocycles. The van der Waals surface area contributed by atoms with Gasteiger partial charge in [0.05, 0.1) is 6.61 Å². The maximum atomic E-state index is 13.1. The quantitative estimate of drug-likeness (QED) is 0.742. The van der Waals surface area contributed by atoms with E-state index < -0.39 is 5.08 Å². The van der Waals surface area contributed by atoms with Gasteiger partial charge in [0.2, 0.25) is 0 Å². The molecule has 0 fully saturated rings. The van der Waals surface area contributed by atoms with Gasteiger partial charge in [-0.25, -0.2) is 4.39 Å². The monoisotopic (exact) mass is 260 g/mol. The molecule has 0 aliphatic heterocycles. The second-order valence-electron chi connectivity index (χ2n) is 3.54. The predicted molar refractivity (Wildman–Crippen MR) is 59.6 cm³/mol. The van der Waals surface area contributed by atoms with E-state index in [1.165, 1.54) is 0 Å². The van der Waals surface area contributed by atoms with Crippen LogP contribution in [0, 0.1) is 5.92 Å². The van der Waals surface area contributed by atoms with E-state index in [9.17, 15) is 4.39 Å². The molecule has 0 aliphatic rings. The molecule has 0 N–H and O–H groups in total. The van der Waals surface area contributed by atoms with Crippen LogP contribution in [0.1, 0.15) is 24.5 Å². The van der Waals surface area contributed by atoms with Crippen molar-refractivity contribution in [1.82, 2.24) is 0 Å². The summed E-state index contributed by atoms with van der Waals surface area (Å²) in [5.74, 6) is 1.06. The Bertz CT molecular complexity index is 286. The number of halogens is 2. The van der Waals surface area contributed by atoms with Crippen molar-refractivity contribution in [3.8, 4) is 5.75 Å². The molecular formula is C11H14BrFO. The van der Waals surface area contributed by atoms with Gasteiger partial charge in [-0.2, -0.15) is 0 Å². The lowest BCUT2D eigenvalue weighted by atomic mass is 10.2. The van der Waals surface area contributed by atoms with Crippen molar-refractivity contribution >= 4 is 15.9 Å². The van der Waals surface area contributed by atoms with Crippen molar-refractivity contribution < 1.29 is 9.13 Å². The largest absolute Gasteiger partial charge is 0.493 e. The molecule has 14 heavy (non-hydrogen) atoms. The van der Waals surface area contributed by atoms with E-state index in [2.05, 4.69) is 29.8 Å². The summed E-state index contributed by atoms with van der Waals surface area (Å²) in [7, 11) is 0. The maximum absolute atomic E-state index is 13.1. The summed E-state index contributed by atoms with van der Waals surface area (Å²) in [6.07, 6.45) is 0. The minimum Gasteiger partial charge on any atom is -0.493 e. The fourth-order valence-corrected chi connectivity index (χ4v) is 1.43. The minimum absolute atomic E-state index is 0.441. The zero-order valence-corrected chi connectivity index (χ0v) is 9.92. The molecule has 3 heteroatoms. The third-order valence-electron chi connectivity index (χ3n) is 1.73. The first-order valence-electron chi connectivity index (χ1n) is 4.61. The Labute approximate surface area is 92.4 Å². The average Bonchev–Trinajstić information content (AvgIpc) is 2.15. The highest BCUT2D eigenvalue weighted by atomic mass is 79.9. The third kappa shape index (κ3) is 3.29. The molecule has 0 aromatic heterocycles. The summed E-state index contributed by atoms with van der Waals surface area (Å²) < 4.78 is 18.5. The molecule has 0 spiro atoms. The molecule has 0 aliphatic carbocycles. The van der Waals surface area contributed by atoms with Gasteiger partial charge in [0.15, 0.2) is 5.08 Å². The molecule has 0 bridgehead atoms. The van der Waals surface area contributed by atoms with Crippen LogP contribution in [0.2, 0.25) is 0 Å². The smallest absolute Gasteiger partial charge is 0.183 e. The highest BCUT2D eigenvalue weighted by Crippen LogP contribution is 2.31. The summed E-state index contributed by atoms with van der Waals surface area (Å²) in [6, 6.07) is 7.14. The first kappa shape index (κ1) is 11.5. The summed E-state index contributed by atoms with van der Waals surface area (Å²) in [5.41, 5.74) is 0.549. The summed E-state index contributed by atoms with van der Waals surface area (Å²) in [6.45, 7) is 4.73. The first-order chi connectivity index (χ1) is 6.61. The molecule has 1 unspecified atom stereocenters. The van der Waals surface area contributed by atoms with Crippen molar-refractivity contribution in [1.29, 1.82) is 0 Å². The van der Waals surface area contributed by atoms with Crippen LogP contribution >= 0.6 is 15.9 Å². The van der Waals surface area contributed by atoms with E-state index >= 15 is 0 Å². The van der Waals surface area contributed by atoms with Crippen LogP contribution in [-0.2, 0) is 0 Å². The molecule has 0 amide bonds. The van der Waals surface area contributed by atoms with Crippen molar-refractivity contribution in [3.05, 3.63) is 29.8 Å². The molecular weight excluding hydrogens is 247 g/mol. The SMILES string of the molecule is CC(C)COc1ccccc1C(F)Br. The summed E-state index contributed by atoms with van der Waals surface area (Å²) >= 11 is 2.89. The summed E-state index contributed by atoms with van der Waals surface area (Å²) in [4.78, 5) is 0. The highest BCUT2D eigenvalue weighted by Gasteiger charge is 2.11. The zero-order chi connectivity index (χ0) is 10.6. The molecule has 1 nitrogen and oxygen atoms in total. The Morgan fingerprint density at radius 1 is 1.36 bits per heavy atom. The number of rotatable bonds is 4. The van der Waals surface area contributed by atoms with Gasteiger partial charge in [-0.05, 0) is 27.9 Å². The van der Waals surface area contributed by atoms with E-state index in [1.807, 2.05) is 6.07 Å². The van der Waals surface area contributed by atoms with E-state index in [0.717, 1.165) is 0 Å². The molecule has 0 radical (unpaired) electrons. The van der Waals surface area contributed by atoms with Gasteiger partial charge in [0, 0.05) is 5.56 Å². The van der Waals surface area contributed by atoms with Crippen LogP contribution in [-0.4, -0.2) is 6.61 Å². The Balaban J connectivity index is 2.74. The van der Waals surface area contributed by atoms with E-state index in [-0.39, 0.29) is 0 Å². The summed E-state index contributed by atoms with van der Waals surface area (Å²) in [5, 5.41) is -1.16. The fourth-order valence-electron chi connectivity index (χ4n) is 1.05. The molecule has 1 aromatic rings. The number of hydrogen-bond donors (Lipinski definition) is 0. The van der Waals surface area contributed by atoms with E-state index in [1.54, 1.807) is 18.2 Å². The van der Waals surface area contributed by atoms with E-state index in [0.29, 0.717) is 23.8 Å². The Morgan fingerprint density at radius 2 is 2.00 bits per heavy atom. The minimum atomic E-state index is -1.16. The van der Waals surface area contributed by atoms with Crippen molar-refractivity contribution in [2.75, 3.05) is 6.61 Å². The second kappa shape index (κ2) is 5.35. The van der Waals surface area contributed by atoms with E-state index in [4.69, 9.17) is 4.74 Å². The standard InChI is InChI=1S/C11H14BrFO/c1-8(2)7-14-10-6-4-3-5-9(10)11(12)13/h3-6,8,11H,7H2,1-2H3. The molecule has 0 saturated carbocycles. The second-order valence-corrected chi connectivity index (χ2v) is 4.35. The van der Waals surface area contributed by atoms with Crippen molar-refractivity contribution in [2.45, 2.75) is 18.9 Å². The van der Waals surface area contributed by atoms with Crippen molar-refractivity contribution in [2.24, 2.45) is 5.92 Å². The highest BCUT2D eigenvalue weighted by molar-refractivity contribution is 9.09. The Kier molecular flexibility index (Phi) is 4.39. The topological polar surface area (TPSA) is 9.23 Å². The number of para-hydroxylation sites is 1. The van der Waals surface area contributed by atoms with Crippen LogP contribution in [0.15, 0.2) is 24.3 Å². The Morgan fingerprint density at radius 3 is 2.57 bits per heavy atom. The van der Waals surface area contributed by atoms with Gasteiger partial charge in [-0.15, -0.1) is 0 Å². The average molecular weight is 261 g/mol. The number of hydrogen-bond acceptors (Lipinski definition) is 1. The van der Waals surface area contributed by atoms with Gasteiger partial charge >= 0.3 is 0 Å². The number of alkyl halides is 2. The lowest BCUT2D eigenvalue weighted by molar-refractivity contribution is 0.265. The lowest BCUT2D eigenvalue weighted by Gasteiger charge is -2.12. The predicted octanol–water partition coefficient (Wildman–Crippen LogP) is 4.08. The van der Waals surface area contributed by atoms with Crippen LogP contribution in [0.25, 0.3) is 0 Å². The van der Waals surface area contributed by atoms with Gasteiger partial charge in [-0.3, -0.25) is 0 Å². The molecule has 1 rings (SSSR count). The maximum Gasteiger partial charge on any atom is 0.183 e. The van der Waals surface area contributed by atoms with Crippen LogP contribution in [0.3, 0.4) is 0 Å². The lowest BCUT2D eigenvalue weighted by Crippen LogP contribution is -2.06. The number of ether oxygens (including phenoxy) is 1. The Hall–Kier alpha value is -0.570. The number of benzene rings is 1. The van der Waals surface area contributed by atoms with Crippen molar-refractivity contribution in [3.63, 3.8) is 0 Å². The third-order valence-corrected chi connectivity index (χ3v) is 2.22. The molecule has 1 aromatic carbocycles. The first-order valence-corrected chi connectivity index (χ1v) is 5.52. The van der Waals surface area contributed by atoms with Gasteiger partial charge in [0.1, 0.15) is 5.75 Å². The normalized spacial score (nSPS) is 12.9. The van der Waals surface area contributed by atoms with Crippen LogP contribution < -0.4 is 4.74 Å². The zero-order valence-electron chi connectivity index (χ0n) is 8.34. The molecule has 1 atom stereocenters. The van der Waals surface area contributed by atoms with Gasteiger partial charge in [0.25, 0.3) is 0 Å². The van der Waals surface area contributed by atoms with Crippen LogP contribution in [0.5, 0.6) is 5.75 Å². The van der Waals surface area contributed by atoms with Crippen LogP contribution in [0.4, 0.5) is 4.39 Å². The molecule has 0 heterocycles. The molecule has 78 valence electrons.